The van der Waals surface area contributed by atoms with Gasteiger partial charge in [-0.15, -0.1) is 25.6 Å². The Bertz CT molecular complexity index is 4480. The lowest BCUT2D eigenvalue weighted by molar-refractivity contribution is 0.317. The molecule has 7 rings (SSSR count). The number of benzene rings is 5. The molecule has 0 radical (unpaired) electrons. The van der Waals surface area contributed by atoms with E-state index in [2.05, 4.69) is 35.7 Å². The van der Waals surface area contributed by atoms with Crippen molar-refractivity contribution in [2.45, 2.75) is 44.7 Å². The summed E-state index contributed by atoms with van der Waals surface area (Å²) >= 11 is 0. The highest BCUT2D eigenvalue weighted by atomic mass is 32.2. The molecular weight excluding hydrogens is 1120 g/mol. The average Bonchev–Trinajstić information content (AvgIpc) is 3.67. The van der Waals surface area contributed by atoms with E-state index in [4.69, 9.17) is 4.74 Å². The largest absolute Gasteiger partial charge is 0.505 e. The van der Waals surface area contributed by atoms with Crippen molar-refractivity contribution < 1.29 is 92.8 Å². The summed E-state index contributed by atoms with van der Waals surface area (Å²) in [6, 6.07) is 11.2. The fourth-order valence-electron chi connectivity index (χ4n) is 7.09. The molecule has 0 saturated carbocycles. The first-order valence-corrected chi connectivity index (χ1v) is 28.8. The molecule has 36 heteroatoms. The first-order valence-electron chi connectivity index (χ1n) is 20.0. The highest BCUT2D eigenvalue weighted by Gasteiger charge is 2.29. The Kier molecular flexibility index (Phi) is 14.4. The van der Waals surface area contributed by atoms with Crippen LogP contribution >= 0.6 is 0 Å². The van der Waals surface area contributed by atoms with Crippen LogP contribution in [0.4, 0.5) is 34.1 Å². The number of imidazole rings is 1. The van der Waals surface area contributed by atoms with Crippen LogP contribution in [0.5, 0.6) is 17.4 Å². The molecule has 0 aliphatic rings. The van der Waals surface area contributed by atoms with E-state index in [1.807, 2.05) is 6.07 Å². The number of aryl methyl sites for hydroxylation is 1. The van der Waals surface area contributed by atoms with Crippen molar-refractivity contribution in [2.75, 3.05) is 12.4 Å². The smallest absolute Gasteiger partial charge is 0.297 e. The van der Waals surface area contributed by atoms with Crippen LogP contribution in [0.3, 0.4) is 0 Å². The number of nitrogens with zero attached hydrogens (tertiary/aromatic N) is 9. The van der Waals surface area contributed by atoms with Crippen molar-refractivity contribution in [2.24, 2.45) is 30.7 Å². The minimum absolute atomic E-state index is 0.00710. The van der Waals surface area contributed by atoms with Crippen LogP contribution in [0.1, 0.15) is 23.1 Å². The van der Waals surface area contributed by atoms with Crippen LogP contribution in [0.2, 0.25) is 0 Å². The number of fused-ring (bicyclic) bond motifs is 4. The fourth-order valence-corrected chi connectivity index (χ4v) is 10.8. The number of ether oxygens (including phenoxy) is 1. The number of hydrogen-bond donors (Lipinski definition) is 8. The summed E-state index contributed by atoms with van der Waals surface area (Å²) in [4.78, 5) is -1.00. The van der Waals surface area contributed by atoms with Gasteiger partial charge in [-0.25, -0.2) is 4.98 Å². The summed E-state index contributed by atoms with van der Waals surface area (Å²) < 4.78 is 211. The summed E-state index contributed by atoms with van der Waals surface area (Å²) in [5.41, 5.74) is -4.23. The number of phenols is 1. The normalized spacial score (nSPS) is 13.3. The molecular formula is C39H31N9O21S6. The summed E-state index contributed by atoms with van der Waals surface area (Å²) in [6.45, 7) is 2.11. The van der Waals surface area contributed by atoms with Crippen LogP contribution in [0.25, 0.3) is 27.5 Å². The van der Waals surface area contributed by atoms with E-state index in [0.717, 1.165) is 59.0 Å². The molecule has 5 aromatic carbocycles. The van der Waals surface area contributed by atoms with Gasteiger partial charge in [-0.3, -0.25) is 31.7 Å². The third-order valence-corrected chi connectivity index (χ3v) is 15.7. The predicted octanol–water partition coefficient (Wildman–Crippen LogP) is 6.68. The van der Waals surface area contributed by atoms with Crippen LogP contribution in [-0.2, 0) is 60.7 Å². The molecule has 0 unspecified atom stereocenters. The average molecular weight is 1150 g/mol. The van der Waals surface area contributed by atoms with Crippen molar-refractivity contribution in [1.29, 1.82) is 5.26 Å². The molecule has 7 aromatic rings. The number of azo groups is 3. The minimum atomic E-state index is -5.57. The van der Waals surface area contributed by atoms with Gasteiger partial charge in [0.2, 0.25) is 5.88 Å². The maximum Gasteiger partial charge on any atom is 0.297 e. The lowest BCUT2D eigenvalue weighted by Crippen LogP contribution is -2.08. The van der Waals surface area contributed by atoms with Crippen molar-refractivity contribution in [3.05, 3.63) is 83.4 Å². The number of rotatable bonds is 16. The maximum absolute atomic E-state index is 13.1. The third-order valence-electron chi connectivity index (χ3n) is 10.5. The van der Waals surface area contributed by atoms with Crippen molar-refractivity contribution >= 4 is 122 Å². The summed E-state index contributed by atoms with van der Waals surface area (Å²) in [5.74, 6) is -3.20. The molecule has 0 spiro atoms. The SMILES string of the molecule is Cc1cc(N=Nc2c(S(=O)(=O)O)cc3c(S(=O)(=O)O)c(N=Nc4c(C)c(C#N)c5nc6cc(S(=O)(=O)O)ccc6n5c4O)ccc3c2O)c(OCCCS(=O)(=O)O)cc1N=Nc1ccc(S(=O)(=O)O)cc1S(=O)(=O)O. The standard InChI is InChI=1S/C39H31N9O21S6/c1-18-12-29(31(69-10-3-11-70(51,52)53)16-27(18)44-42-25-7-4-21(72(57,58)59)14-32(25)73(60,61)62)45-47-35-33(74(63,64)65)15-23-22(36(35)49)6-8-26(37(23)75(66,67)68)43-46-34-19(2)24(17-40)38-41-28-13-20(71(54,55)56)5-9-30(28)48(38)39(34)50/h4-9,12-16,49-50H,3,10-11H2,1-2H3,(H,51,52,53)(H,54,55,56)(H,57,58,59)(H,60,61,62)(H,63,64,65)(H,66,67,68). The number of aromatic nitrogens is 2. The zero-order valence-corrected chi connectivity index (χ0v) is 42.2. The van der Waals surface area contributed by atoms with Crippen molar-refractivity contribution in [3.8, 4) is 23.4 Å². The van der Waals surface area contributed by atoms with Gasteiger partial charge in [0.1, 0.15) is 54.8 Å². The zero-order chi connectivity index (χ0) is 55.5. The molecule has 0 atom stereocenters. The Labute approximate surface area is 422 Å². The van der Waals surface area contributed by atoms with Gasteiger partial charge >= 0.3 is 0 Å². The molecule has 8 N–H and O–H groups in total. The second kappa shape index (κ2) is 19.6. The number of nitriles is 1. The van der Waals surface area contributed by atoms with E-state index in [-0.39, 0.29) is 51.2 Å². The Balaban J connectivity index is 1.35. The summed E-state index contributed by atoms with van der Waals surface area (Å²) in [6.07, 6.45) is -0.366. The fraction of sp³-hybridized carbons (Fsp3) is 0.128. The van der Waals surface area contributed by atoms with Crippen LogP contribution in [0.15, 0.2) is 122 Å². The van der Waals surface area contributed by atoms with Crippen LogP contribution < -0.4 is 4.74 Å². The summed E-state index contributed by atoms with van der Waals surface area (Å²) in [5, 5.41) is 54.7. The number of phenolic OH excluding ortho intramolecular Hbond substituents is 1. The summed E-state index contributed by atoms with van der Waals surface area (Å²) in [7, 11) is -30.5. The van der Waals surface area contributed by atoms with E-state index in [0.29, 0.717) is 12.1 Å². The lowest BCUT2D eigenvalue weighted by atomic mass is 10.1. The monoisotopic (exact) mass is 1150 g/mol. The number of pyridine rings is 1. The van der Waals surface area contributed by atoms with Gasteiger partial charge in [-0.05, 0) is 86.5 Å². The van der Waals surface area contributed by atoms with Gasteiger partial charge in [0.15, 0.2) is 17.1 Å². The first kappa shape index (κ1) is 55.2. The topological polar surface area (TPSA) is 491 Å². The highest BCUT2D eigenvalue weighted by molar-refractivity contribution is 7.87. The molecule has 0 aliphatic heterocycles. The molecule has 2 heterocycles. The lowest BCUT2D eigenvalue weighted by Gasteiger charge is -2.13. The number of aromatic hydroxyl groups is 2. The molecule has 75 heavy (non-hydrogen) atoms. The van der Waals surface area contributed by atoms with Gasteiger partial charge < -0.3 is 14.9 Å². The van der Waals surface area contributed by atoms with Gasteiger partial charge in [0.05, 0.1) is 38.9 Å². The van der Waals surface area contributed by atoms with Gasteiger partial charge in [0.25, 0.3) is 60.7 Å². The minimum Gasteiger partial charge on any atom is -0.505 e. The Morgan fingerprint density at radius 3 is 1.77 bits per heavy atom. The Morgan fingerprint density at radius 2 is 1.17 bits per heavy atom. The van der Waals surface area contributed by atoms with Crippen molar-refractivity contribution in [1.82, 2.24) is 9.38 Å². The predicted molar refractivity (Wildman–Crippen MR) is 255 cm³/mol. The second-order valence-corrected chi connectivity index (χ2v) is 24.0. The molecule has 0 fully saturated rings. The van der Waals surface area contributed by atoms with E-state index in [9.17, 15) is 93.3 Å². The van der Waals surface area contributed by atoms with E-state index in [1.165, 1.54) is 13.8 Å². The molecule has 0 amide bonds. The maximum atomic E-state index is 13.1. The van der Waals surface area contributed by atoms with Crippen molar-refractivity contribution in [3.63, 3.8) is 0 Å². The van der Waals surface area contributed by atoms with E-state index in [1.54, 1.807) is 0 Å². The molecule has 0 bridgehead atoms. The Morgan fingerprint density at radius 1 is 0.600 bits per heavy atom. The molecule has 30 nitrogen and oxygen atoms in total. The number of hydrogen-bond acceptors (Lipinski definition) is 23. The van der Waals surface area contributed by atoms with Gasteiger partial charge in [0, 0.05) is 22.4 Å². The van der Waals surface area contributed by atoms with Gasteiger partial charge in [-0.1, -0.05) is 0 Å². The first-order chi connectivity index (χ1) is 34.6. The van der Waals surface area contributed by atoms with Crippen LogP contribution in [-0.4, -0.2) is 110 Å². The van der Waals surface area contributed by atoms with E-state index < -0.39 is 148 Å². The molecule has 0 aliphatic carbocycles. The molecule has 394 valence electrons. The third kappa shape index (κ3) is 11.6. The van der Waals surface area contributed by atoms with Gasteiger partial charge in [-0.2, -0.15) is 60.9 Å². The second-order valence-electron chi connectivity index (χ2n) is 15.5. The highest BCUT2D eigenvalue weighted by Crippen LogP contribution is 2.47. The molecule has 2 aromatic heterocycles. The molecule has 0 saturated heterocycles. The zero-order valence-electron chi connectivity index (χ0n) is 37.3. The van der Waals surface area contributed by atoms with E-state index >= 15 is 0 Å². The van der Waals surface area contributed by atoms with Crippen LogP contribution in [0, 0.1) is 25.2 Å². The quantitative estimate of drug-likeness (QED) is 0.0284. The Hall–Kier alpha value is -7.54.